The Balaban J connectivity index is 0.872. The highest BCUT2D eigenvalue weighted by atomic mass is 16.5. The fourth-order valence-electron chi connectivity index (χ4n) is 8.91. The number of aliphatic hydroxyl groups is 2. The van der Waals surface area contributed by atoms with Crippen LogP contribution in [0.5, 0.6) is 17.2 Å². The number of aliphatic hydroxyl groups excluding tert-OH is 1. The first-order chi connectivity index (χ1) is 24.7. The summed E-state index contributed by atoms with van der Waals surface area (Å²) < 4.78 is 19.6. The molecule has 0 aromatic heterocycles. The van der Waals surface area contributed by atoms with Gasteiger partial charge in [0.1, 0.15) is 48.6 Å². The van der Waals surface area contributed by atoms with E-state index in [1.807, 2.05) is 30.3 Å². The van der Waals surface area contributed by atoms with Crippen LogP contribution in [0.2, 0.25) is 0 Å². The Labute approximate surface area is 301 Å². The van der Waals surface area contributed by atoms with Crippen molar-refractivity contribution in [2.24, 2.45) is 11.8 Å². The zero-order valence-corrected chi connectivity index (χ0v) is 29.8. The largest absolute Gasteiger partial charge is 0.508 e. The summed E-state index contributed by atoms with van der Waals surface area (Å²) in [6.45, 7) is 7.48. The number of nitrogens with zero attached hydrogens (tertiary/aromatic N) is 1. The number of piperidine rings is 3. The molecule has 1 amide bonds. The molecule has 3 aromatic carbocycles. The third kappa shape index (κ3) is 8.21. The van der Waals surface area contributed by atoms with Crippen LogP contribution in [0.4, 0.5) is 5.69 Å². The number of benzene rings is 3. The van der Waals surface area contributed by atoms with Gasteiger partial charge in [0.15, 0.2) is 6.61 Å². The van der Waals surface area contributed by atoms with Crippen molar-refractivity contribution < 1.29 is 38.8 Å². The number of carbonyl (C=O) groups excluding carboxylic acids is 1. The minimum atomic E-state index is -0.928. The molecule has 5 aliphatic rings. The molecule has 2 bridgehead atoms. The molecular formula is C41H54N3O7+. The van der Waals surface area contributed by atoms with Crippen LogP contribution >= 0.6 is 0 Å². The molecule has 3 aromatic rings. The van der Waals surface area contributed by atoms with Crippen LogP contribution in [0.1, 0.15) is 68.2 Å². The van der Waals surface area contributed by atoms with Gasteiger partial charge in [-0.3, -0.25) is 4.79 Å². The lowest BCUT2D eigenvalue weighted by molar-refractivity contribution is -0.946. The van der Waals surface area contributed by atoms with Gasteiger partial charge in [-0.05, 0) is 61.4 Å². The van der Waals surface area contributed by atoms with Gasteiger partial charge in [0.05, 0.1) is 31.5 Å². The van der Waals surface area contributed by atoms with Crippen molar-refractivity contribution in [3.05, 3.63) is 83.4 Å². The summed E-state index contributed by atoms with van der Waals surface area (Å²) in [5.41, 5.74) is 2.01. The maximum Gasteiger partial charge on any atom is 0.262 e. The predicted molar refractivity (Wildman–Crippen MR) is 195 cm³/mol. The topological polar surface area (TPSA) is 130 Å². The molecule has 274 valence electrons. The van der Waals surface area contributed by atoms with E-state index in [1.165, 1.54) is 25.0 Å². The highest BCUT2D eigenvalue weighted by Gasteiger charge is 2.48. The molecule has 10 heteroatoms. The SMILES string of the molecule is CC(Cc1ccc(OCC[N+]23CCC(CC2)[C@@H](OC[C@@](O)(c2ccccc2)C2CCCC2)C3)cc1)NC[C@H](O)c1cc(O)cc2c1OCC(=O)N2. The second-order valence-corrected chi connectivity index (χ2v) is 15.4. The van der Waals surface area contributed by atoms with Crippen LogP contribution < -0.4 is 20.1 Å². The van der Waals surface area contributed by atoms with Crippen LogP contribution in [0.15, 0.2) is 66.7 Å². The summed E-state index contributed by atoms with van der Waals surface area (Å²) in [6.07, 6.45) is 6.82. The van der Waals surface area contributed by atoms with E-state index in [0.717, 1.165) is 79.6 Å². The number of amides is 1. The molecule has 10 nitrogen and oxygen atoms in total. The predicted octanol–water partition coefficient (Wildman–Crippen LogP) is 5.06. The molecule has 1 saturated carbocycles. The Hall–Kier alpha value is -3.67. The summed E-state index contributed by atoms with van der Waals surface area (Å²) in [5.74, 6) is 1.72. The van der Waals surface area contributed by atoms with Crippen molar-refractivity contribution in [3.8, 4) is 17.2 Å². The van der Waals surface area contributed by atoms with E-state index in [4.69, 9.17) is 14.2 Å². The molecule has 5 N–H and O–H groups in total. The fourth-order valence-corrected chi connectivity index (χ4v) is 8.91. The zero-order valence-electron chi connectivity index (χ0n) is 29.8. The number of quaternary nitrogens is 1. The molecule has 1 unspecified atom stereocenters. The Bertz CT molecular complexity index is 1620. The van der Waals surface area contributed by atoms with Gasteiger partial charge < -0.3 is 44.6 Å². The lowest BCUT2D eigenvalue weighted by Gasteiger charge is -2.52. The summed E-state index contributed by atoms with van der Waals surface area (Å²) in [5, 5.41) is 39.1. The van der Waals surface area contributed by atoms with E-state index >= 15 is 0 Å². The highest BCUT2D eigenvalue weighted by molar-refractivity contribution is 5.96. The van der Waals surface area contributed by atoms with Gasteiger partial charge in [-0.15, -0.1) is 0 Å². The number of phenolic OH excluding ortho intramolecular Hbond substituents is 1. The molecule has 3 saturated heterocycles. The van der Waals surface area contributed by atoms with E-state index in [0.29, 0.717) is 36.1 Å². The quantitative estimate of drug-likeness (QED) is 0.139. The summed E-state index contributed by atoms with van der Waals surface area (Å²) in [6, 6.07) is 21.4. The zero-order chi connectivity index (χ0) is 35.4. The van der Waals surface area contributed by atoms with Crippen LogP contribution in [-0.2, 0) is 21.6 Å². The van der Waals surface area contributed by atoms with Crippen LogP contribution in [0, 0.1) is 11.8 Å². The molecule has 0 spiro atoms. The fraction of sp³-hybridized carbons (Fsp3) is 0.537. The summed E-state index contributed by atoms with van der Waals surface area (Å²) >= 11 is 0. The molecular weight excluding hydrogens is 646 g/mol. The van der Waals surface area contributed by atoms with Crippen molar-refractivity contribution in [3.63, 3.8) is 0 Å². The van der Waals surface area contributed by atoms with E-state index in [-0.39, 0.29) is 42.9 Å². The Morgan fingerprint density at radius 2 is 1.78 bits per heavy atom. The first kappa shape index (κ1) is 35.7. The highest BCUT2D eigenvalue weighted by Crippen LogP contribution is 2.43. The first-order valence-electron chi connectivity index (χ1n) is 18.9. The van der Waals surface area contributed by atoms with Crippen molar-refractivity contribution in [1.82, 2.24) is 5.32 Å². The third-order valence-corrected chi connectivity index (χ3v) is 11.9. The monoisotopic (exact) mass is 700 g/mol. The van der Waals surface area contributed by atoms with E-state index < -0.39 is 11.7 Å². The lowest BCUT2D eigenvalue weighted by atomic mass is 9.80. The van der Waals surface area contributed by atoms with Crippen LogP contribution in [0.3, 0.4) is 0 Å². The minimum absolute atomic E-state index is 0.0468. The molecule has 4 aliphatic heterocycles. The van der Waals surface area contributed by atoms with Crippen molar-refractivity contribution in [2.45, 2.75) is 75.7 Å². The molecule has 8 rings (SSSR count). The van der Waals surface area contributed by atoms with Crippen molar-refractivity contribution in [2.75, 3.05) is 57.9 Å². The van der Waals surface area contributed by atoms with Gasteiger partial charge in [0.2, 0.25) is 0 Å². The normalized spacial score (nSPS) is 25.4. The van der Waals surface area contributed by atoms with Gasteiger partial charge in [0.25, 0.3) is 5.91 Å². The average molecular weight is 701 g/mol. The Morgan fingerprint density at radius 3 is 2.53 bits per heavy atom. The van der Waals surface area contributed by atoms with Gasteiger partial charge >= 0.3 is 0 Å². The number of carbonyl (C=O) groups is 1. The number of hydrogen-bond acceptors (Lipinski definition) is 8. The summed E-state index contributed by atoms with van der Waals surface area (Å²) in [7, 11) is 0. The summed E-state index contributed by atoms with van der Waals surface area (Å²) in [4.78, 5) is 11.7. The number of rotatable bonds is 15. The van der Waals surface area contributed by atoms with Gasteiger partial charge in [-0.2, -0.15) is 0 Å². The van der Waals surface area contributed by atoms with E-state index in [9.17, 15) is 20.1 Å². The number of ether oxygens (including phenoxy) is 3. The standard InChI is InChI=1S/C41H53N3O7/c1-28(42-24-37(46)35-22-33(45)23-36-40(35)50-26-39(47)43-36)21-29-11-13-34(14-12-29)49-20-19-44-17-15-30(16-18-44)38(25-44)51-27-41(48,32-9-5-6-10-32)31-7-3-2-4-8-31/h2-4,7-8,11-14,22-23,28,30,32,37-38,42,46,48H,5-6,9-10,15-21,24-27H2,1H3,(H-,43,45,47)/p+1/t28?,30?,37-,38-,41+,44?/m0/s1. The van der Waals surface area contributed by atoms with Crippen molar-refractivity contribution in [1.29, 1.82) is 0 Å². The maximum absolute atomic E-state index is 12.0. The minimum Gasteiger partial charge on any atom is -0.508 e. The van der Waals surface area contributed by atoms with Crippen LogP contribution in [-0.4, -0.2) is 90.4 Å². The van der Waals surface area contributed by atoms with Gasteiger partial charge in [-0.1, -0.05) is 55.3 Å². The lowest BCUT2D eigenvalue weighted by Crippen LogP contribution is -2.65. The molecule has 51 heavy (non-hydrogen) atoms. The van der Waals surface area contributed by atoms with Crippen LogP contribution in [0.25, 0.3) is 0 Å². The van der Waals surface area contributed by atoms with Crippen molar-refractivity contribution >= 4 is 11.6 Å². The average Bonchev–Trinajstić information content (AvgIpc) is 3.70. The van der Waals surface area contributed by atoms with E-state index in [1.54, 1.807) is 0 Å². The number of phenols is 1. The third-order valence-electron chi connectivity index (χ3n) is 11.9. The Morgan fingerprint density at radius 1 is 1.04 bits per heavy atom. The number of fused-ring (bicyclic) bond motifs is 4. The number of hydrogen-bond donors (Lipinski definition) is 5. The van der Waals surface area contributed by atoms with E-state index in [2.05, 4.69) is 41.8 Å². The number of aromatic hydroxyl groups is 1. The molecule has 0 radical (unpaired) electrons. The second kappa shape index (κ2) is 15.5. The molecule has 4 heterocycles. The Kier molecular flexibility index (Phi) is 10.9. The maximum atomic E-state index is 12.0. The smallest absolute Gasteiger partial charge is 0.262 e. The first-order valence-corrected chi connectivity index (χ1v) is 18.9. The molecule has 1 aliphatic carbocycles. The van der Waals surface area contributed by atoms with Gasteiger partial charge in [-0.25, -0.2) is 0 Å². The van der Waals surface area contributed by atoms with Gasteiger partial charge in [0, 0.05) is 43.0 Å². The number of nitrogens with one attached hydrogen (secondary N) is 2. The molecule has 4 atom stereocenters. The second-order valence-electron chi connectivity index (χ2n) is 15.4. The molecule has 4 fully saturated rings. The number of anilines is 1.